The predicted octanol–water partition coefficient (Wildman–Crippen LogP) is 3.71. The zero-order valence-corrected chi connectivity index (χ0v) is 11.1. The Morgan fingerprint density at radius 2 is 1.88 bits per heavy atom. The number of furan rings is 1. The lowest BCUT2D eigenvalue weighted by Crippen LogP contribution is -2.14. The van der Waals surface area contributed by atoms with Crippen LogP contribution in [-0.4, -0.2) is 11.3 Å². The lowest BCUT2D eigenvalue weighted by atomic mass is 10.4. The van der Waals surface area contributed by atoms with Gasteiger partial charge in [-0.05, 0) is 37.8 Å². The van der Waals surface area contributed by atoms with E-state index in [0.717, 1.165) is 35.1 Å². The molecule has 1 aromatic heterocycles. The van der Waals surface area contributed by atoms with Gasteiger partial charge in [0.2, 0.25) is 0 Å². The van der Waals surface area contributed by atoms with Crippen molar-refractivity contribution < 1.29 is 4.42 Å². The Labute approximate surface area is 108 Å². The van der Waals surface area contributed by atoms with Gasteiger partial charge < -0.3 is 9.73 Å². The molecule has 1 aromatic rings. The van der Waals surface area contributed by atoms with Crippen LogP contribution in [0.2, 0.25) is 0 Å². The number of hydrogen-bond donors (Lipinski definition) is 1. The summed E-state index contributed by atoms with van der Waals surface area (Å²) < 4.78 is 5.84. The second-order valence-electron chi connectivity index (χ2n) is 5.24. The molecule has 0 atom stereocenters. The highest BCUT2D eigenvalue weighted by atomic mass is 32.2. The fourth-order valence-electron chi connectivity index (χ4n) is 2.38. The van der Waals surface area contributed by atoms with Crippen molar-refractivity contribution in [2.24, 2.45) is 0 Å². The Morgan fingerprint density at radius 1 is 1.12 bits per heavy atom. The molecule has 2 aliphatic carbocycles. The lowest BCUT2D eigenvalue weighted by Gasteiger charge is -2.06. The number of rotatable bonds is 6. The van der Waals surface area contributed by atoms with Gasteiger partial charge in [0.15, 0.2) is 0 Å². The summed E-state index contributed by atoms with van der Waals surface area (Å²) in [6.45, 7) is 0.902. The molecular weight excluding hydrogens is 230 g/mol. The van der Waals surface area contributed by atoms with E-state index in [9.17, 15) is 0 Å². The van der Waals surface area contributed by atoms with Crippen LogP contribution < -0.4 is 5.32 Å². The molecule has 0 bridgehead atoms. The van der Waals surface area contributed by atoms with Crippen LogP contribution in [-0.2, 0) is 12.3 Å². The highest BCUT2D eigenvalue weighted by molar-refractivity contribution is 7.99. The summed E-state index contributed by atoms with van der Waals surface area (Å²) in [4.78, 5) is 0. The predicted molar refractivity (Wildman–Crippen MR) is 72.1 cm³/mol. The van der Waals surface area contributed by atoms with Crippen molar-refractivity contribution in [1.29, 1.82) is 0 Å². The number of hydrogen-bond acceptors (Lipinski definition) is 3. The molecule has 17 heavy (non-hydrogen) atoms. The van der Waals surface area contributed by atoms with Crippen LogP contribution in [0.4, 0.5) is 0 Å². The molecule has 0 amide bonds. The minimum Gasteiger partial charge on any atom is -0.464 e. The summed E-state index contributed by atoms with van der Waals surface area (Å²) in [5.41, 5.74) is 0. The van der Waals surface area contributed by atoms with Crippen molar-refractivity contribution in [3.63, 3.8) is 0 Å². The molecule has 2 aliphatic rings. The smallest absolute Gasteiger partial charge is 0.118 e. The van der Waals surface area contributed by atoms with Crippen LogP contribution >= 0.6 is 11.8 Å². The lowest BCUT2D eigenvalue weighted by molar-refractivity contribution is 0.458. The van der Waals surface area contributed by atoms with Crippen molar-refractivity contribution in [2.45, 2.75) is 62.1 Å². The first-order valence-electron chi connectivity index (χ1n) is 6.83. The first kappa shape index (κ1) is 11.7. The summed E-state index contributed by atoms with van der Waals surface area (Å²) in [7, 11) is 0. The first-order chi connectivity index (χ1) is 8.40. The van der Waals surface area contributed by atoms with E-state index in [1.807, 2.05) is 0 Å². The molecule has 3 heteroatoms. The monoisotopic (exact) mass is 251 g/mol. The average molecular weight is 251 g/mol. The van der Waals surface area contributed by atoms with Crippen LogP contribution in [0, 0.1) is 0 Å². The molecule has 0 aliphatic heterocycles. The van der Waals surface area contributed by atoms with E-state index < -0.39 is 0 Å². The van der Waals surface area contributed by atoms with Gasteiger partial charge in [0.05, 0.1) is 12.3 Å². The second-order valence-corrected chi connectivity index (χ2v) is 6.53. The van der Waals surface area contributed by atoms with Crippen LogP contribution in [0.25, 0.3) is 0 Å². The van der Waals surface area contributed by atoms with E-state index in [4.69, 9.17) is 4.42 Å². The van der Waals surface area contributed by atoms with Crippen LogP contribution in [0.15, 0.2) is 16.5 Å². The van der Waals surface area contributed by atoms with E-state index in [1.54, 1.807) is 0 Å². The standard InChI is InChI=1S/C14H21NOS/c1-2-4-14(3-1)17-10-13-8-7-12(16-13)9-15-11-5-6-11/h7-8,11,14-15H,1-6,9-10H2. The summed E-state index contributed by atoms with van der Waals surface area (Å²) >= 11 is 2.07. The van der Waals surface area contributed by atoms with Crippen LogP contribution in [0.5, 0.6) is 0 Å². The van der Waals surface area contributed by atoms with Crippen molar-refractivity contribution >= 4 is 11.8 Å². The first-order valence-corrected chi connectivity index (χ1v) is 7.87. The van der Waals surface area contributed by atoms with Crippen LogP contribution in [0.1, 0.15) is 50.0 Å². The van der Waals surface area contributed by atoms with Crippen molar-refractivity contribution in [1.82, 2.24) is 5.32 Å². The normalized spacial score (nSPS) is 21.2. The molecule has 0 aromatic carbocycles. The number of thioether (sulfide) groups is 1. The summed E-state index contributed by atoms with van der Waals surface area (Å²) in [6, 6.07) is 5.03. The maximum Gasteiger partial charge on any atom is 0.118 e. The second kappa shape index (κ2) is 5.49. The SMILES string of the molecule is c1cc(CSC2CCCC2)oc1CNC1CC1. The third-order valence-corrected chi connectivity index (χ3v) is 5.02. The van der Waals surface area contributed by atoms with E-state index in [0.29, 0.717) is 0 Å². The van der Waals surface area contributed by atoms with Gasteiger partial charge in [0, 0.05) is 11.3 Å². The highest BCUT2D eigenvalue weighted by Gasteiger charge is 2.20. The fourth-order valence-corrected chi connectivity index (χ4v) is 3.60. The zero-order chi connectivity index (χ0) is 11.5. The highest BCUT2D eigenvalue weighted by Crippen LogP contribution is 2.31. The Hall–Kier alpha value is -0.410. The summed E-state index contributed by atoms with van der Waals surface area (Å²) in [5, 5.41) is 4.37. The molecular formula is C14H21NOS. The number of nitrogens with one attached hydrogen (secondary N) is 1. The van der Waals surface area contributed by atoms with E-state index in [1.165, 1.54) is 38.5 Å². The largest absolute Gasteiger partial charge is 0.464 e. The molecule has 1 heterocycles. The molecule has 0 spiro atoms. The van der Waals surface area contributed by atoms with Crippen molar-refractivity contribution in [2.75, 3.05) is 0 Å². The van der Waals surface area contributed by atoms with E-state index >= 15 is 0 Å². The minimum atomic E-state index is 0.761. The molecule has 0 unspecified atom stereocenters. The average Bonchev–Trinajstić information content (AvgIpc) is 2.86. The van der Waals surface area contributed by atoms with Gasteiger partial charge in [0.25, 0.3) is 0 Å². The van der Waals surface area contributed by atoms with Gasteiger partial charge >= 0.3 is 0 Å². The van der Waals surface area contributed by atoms with Gasteiger partial charge in [-0.25, -0.2) is 0 Å². The molecule has 3 rings (SSSR count). The van der Waals surface area contributed by atoms with E-state index in [-0.39, 0.29) is 0 Å². The maximum atomic E-state index is 5.84. The zero-order valence-electron chi connectivity index (χ0n) is 10.3. The van der Waals surface area contributed by atoms with Gasteiger partial charge in [-0.2, -0.15) is 11.8 Å². The molecule has 1 N–H and O–H groups in total. The molecule has 2 saturated carbocycles. The quantitative estimate of drug-likeness (QED) is 0.834. The molecule has 2 fully saturated rings. The Kier molecular flexibility index (Phi) is 3.77. The Morgan fingerprint density at radius 3 is 2.65 bits per heavy atom. The van der Waals surface area contributed by atoms with Gasteiger partial charge in [-0.1, -0.05) is 12.8 Å². The third kappa shape index (κ3) is 3.52. The minimum absolute atomic E-state index is 0.761. The topological polar surface area (TPSA) is 25.2 Å². The fraction of sp³-hybridized carbons (Fsp3) is 0.714. The maximum absolute atomic E-state index is 5.84. The summed E-state index contributed by atoms with van der Waals surface area (Å²) in [5.74, 6) is 3.29. The Balaban J connectivity index is 1.42. The van der Waals surface area contributed by atoms with Gasteiger partial charge in [-0.15, -0.1) is 0 Å². The summed E-state index contributed by atoms with van der Waals surface area (Å²) in [6.07, 6.45) is 8.33. The van der Waals surface area contributed by atoms with Crippen molar-refractivity contribution in [3.05, 3.63) is 23.7 Å². The molecule has 2 nitrogen and oxygen atoms in total. The van der Waals surface area contributed by atoms with Gasteiger partial charge in [-0.3, -0.25) is 0 Å². The van der Waals surface area contributed by atoms with Crippen molar-refractivity contribution in [3.8, 4) is 0 Å². The van der Waals surface area contributed by atoms with E-state index in [2.05, 4.69) is 29.2 Å². The van der Waals surface area contributed by atoms with Crippen LogP contribution in [0.3, 0.4) is 0 Å². The molecule has 94 valence electrons. The Bertz CT molecular complexity index is 353. The molecule has 0 radical (unpaired) electrons. The molecule has 0 saturated heterocycles. The van der Waals surface area contributed by atoms with Gasteiger partial charge in [0.1, 0.15) is 11.5 Å². The third-order valence-electron chi connectivity index (χ3n) is 3.62.